The number of nitrogens with zero attached hydrogens (tertiary/aromatic N) is 5. The van der Waals surface area contributed by atoms with Crippen molar-refractivity contribution in [2.75, 3.05) is 6.54 Å². The predicted octanol–water partition coefficient (Wildman–Crippen LogP) is 2.75. The molecule has 4 rings (SSSR count). The molecule has 1 fully saturated rings. The van der Waals surface area contributed by atoms with Gasteiger partial charge in [0.15, 0.2) is 0 Å². The lowest BCUT2D eigenvalue weighted by atomic mass is 10.2. The molecule has 0 bridgehead atoms. The summed E-state index contributed by atoms with van der Waals surface area (Å²) in [6.45, 7) is 4.06. The molecule has 27 heavy (non-hydrogen) atoms. The molecule has 1 N–H and O–H groups in total. The minimum atomic E-state index is -0.0201. The van der Waals surface area contributed by atoms with Crippen molar-refractivity contribution in [1.29, 1.82) is 0 Å². The number of amides is 2. The van der Waals surface area contributed by atoms with Gasteiger partial charge in [0, 0.05) is 37.2 Å². The Labute approximate surface area is 158 Å². The Hall–Kier alpha value is -3.09. The normalized spacial score (nSPS) is 16.6. The van der Waals surface area contributed by atoms with E-state index in [1.165, 1.54) is 0 Å². The average Bonchev–Trinajstić information content (AvgIpc) is 3.43. The van der Waals surface area contributed by atoms with Crippen LogP contribution < -0.4 is 5.32 Å². The zero-order valence-electron chi connectivity index (χ0n) is 15.5. The predicted molar refractivity (Wildman–Crippen MR) is 102 cm³/mol. The number of hydrogen-bond acceptors (Lipinski definition) is 3. The summed E-state index contributed by atoms with van der Waals surface area (Å²) in [4.78, 5) is 14.6. The number of aromatic nitrogens is 4. The van der Waals surface area contributed by atoms with Crippen molar-refractivity contribution in [3.63, 3.8) is 0 Å². The second-order valence-electron chi connectivity index (χ2n) is 6.96. The molecule has 1 saturated heterocycles. The Kier molecular flexibility index (Phi) is 4.91. The summed E-state index contributed by atoms with van der Waals surface area (Å²) in [5.41, 5.74) is 3.19. The van der Waals surface area contributed by atoms with Crippen LogP contribution in [-0.4, -0.2) is 43.1 Å². The molecule has 140 valence electrons. The Balaban J connectivity index is 1.36. The van der Waals surface area contributed by atoms with E-state index in [0.29, 0.717) is 6.54 Å². The summed E-state index contributed by atoms with van der Waals surface area (Å²) in [7, 11) is 0. The van der Waals surface area contributed by atoms with Crippen molar-refractivity contribution < 1.29 is 4.79 Å². The number of likely N-dealkylation sites (tertiary alicyclic amines) is 1. The van der Waals surface area contributed by atoms with Crippen molar-refractivity contribution >= 4 is 6.03 Å². The van der Waals surface area contributed by atoms with Crippen molar-refractivity contribution in [2.45, 2.75) is 38.9 Å². The first-order valence-electron chi connectivity index (χ1n) is 9.32. The van der Waals surface area contributed by atoms with Crippen LogP contribution in [0, 0.1) is 6.92 Å². The molecule has 7 nitrogen and oxygen atoms in total. The van der Waals surface area contributed by atoms with E-state index in [1.807, 2.05) is 50.9 Å². The molecule has 3 aromatic rings. The zero-order valence-corrected chi connectivity index (χ0v) is 15.5. The molecule has 0 aliphatic carbocycles. The van der Waals surface area contributed by atoms with Crippen LogP contribution in [-0.2, 0) is 13.1 Å². The molecular formula is C20H24N6O. The van der Waals surface area contributed by atoms with Crippen molar-refractivity contribution in [3.05, 3.63) is 66.2 Å². The molecule has 2 amide bonds. The lowest BCUT2D eigenvalue weighted by Gasteiger charge is -2.24. The van der Waals surface area contributed by atoms with Gasteiger partial charge >= 0.3 is 6.03 Å². The van der Waals surface area contributed by atoms with Gasteiger partial charge in [-0.2, -0.15) is 10.2 Å². The van der Waals surface area contributed by atoms with Crippen molar-refractivity contribution in [1.82, 2.24) is 29.8 Å². The Bertz CT molecular complexity index is 901. The van der Waals surface area contributed by atoms with Gasteiger partial charge in [-0.3, -0.25) is 4.68 Å². The quantitative estimate of drug-likeness (QED) is 0.757. The third-order valence-corrected chi connectivity index (χ3v) is 5.04. The Morgan fingerprint density at radius 1 is 1.26 bits per heavy atom. The summed E-state index contributed by atoms with van der Waals surface area (Å²) in [6.07, 6.45) is 9.52. The van der Waals surface area contributed by atoms with Gasteiger partial charge in [0.05, 0.1) is 24.5 Å². The fourth-order valence-corrected chi connectivity index (χ4v) is 3.60. The number of carbonyl (C=O) groups excluding carboxylic acids is 1. The summed E-state index contributed by atoms with van der Waals surface area (Å²) in [5.74, 6) is 0. The van der Waals surface area contributed by atoms with Crippen LogP contribution in [0.2, 0.25) is 0 Å². The van der Waals surface area contributed by atoms with Gasteiger partial charge in [-0.15, -0.1) is 0 Å². The standard InChI is InChI=1S/C20H24N6O/c1-16-6-2-3-8-19(16)26-14-17(13-23-26)12-21-20(27)25-11-4-7-18(25)15-24-10-5-9-22-24/h2-3,5-6,8-10,13-14,18H,4,7,11-12,15H2,1H3,(H,21,27)/t18-/m0/s1. The lowest BCUT2D eigenvalue weighted by molar-refractivity contribution is 0.185. The van der Waals surface area contributed by atoms with E-state index in [4.69, 9.17) is 0 Å². The van der Waals surface area contributed by atoms with Crippen LogP contribution in [0.5, 0.6) is 0 Å². The number of benzene rings is 1. The fourth-order valence-electron chi connectivity index (χ4n) is 3.60. The Morgan fingerprint density at radius 3 is 2.96 bits per heavy atom. The lowest BCUT2D eigenvalue weighted by Crippen LogP contribution is -2.44. The third kappa shape index (κ3) is 3.86. The van der Waals surface area contributed by atoms with E-state index >= 15 is 0 Å². The summed E-state index contributed by atoms with van der Waals surface area (Å²) < 4.78 is 3.75. The summed E-state index contributed by atoms with van der Waals surface area (Å²) >= 11 is 0. The van der Waals surface area contributed by atoms with Gasteiger partial charge in [0.25, 0.3) is 0 Å². The third-order valence-electron chi connectivity index (χ3n) is 5.04. The van der Waals surface area contributed by atoms with Crippen LogP contribution in [0.25, 0.3) is 5.69 Å². The number of para-hydroxylation sites is 1. The topological polar surface area (TPSA) is 68.0 Å². The minimum Gasteiger partial charge on any atom is -0.334 e. The minimum absolute atomic E-state index is 0.0201. The van der Waals surface area contributed by atoms with E-state index in [1.54, 1.807) is 12.4 Å². The Morgan fingerprint density at radius 2 is 2.15 bits per heavy atom. The van der Waals surface area contributed by atoms with E-state index in [0.717, 1.165) is 42.7 Å². The monoisotopic (exact) mass is 364 g/mol. The maximum atomic E-state index is 12.6. The molecular weight excluding hydrogens is 340 g/mol. The molecule has 1 atom stereocenters. The molecule has 1 aliphatic rings. The maximum Gasteiger partial charge on any atom is 0.317 e. The highest BCUT2D eigenvalue weighted by Gasteiger charge is 2.28. The van der Waals surface area contributed by atoms with Gasteiger partial charge in [0.1, 0.15) is 0 Å². The number of hydrogen-bond donors (Lipinski definition) is 1. The molecule has 0 saturated carbocycles. The number of urea groups is 1. The average molecular weight is 364 g/mol. The van der Waals surface area contributed by atoms with Crippen LogP contribution in [0.15, 0.2) is 55.1 Å². The number of nitrogens with one attached hydrogen (secondary N) is 1. The highest BCUT2D eigenvalue weighted by Crippen LogP contribution is 2.19. The van der Waals surface area contributed by atoms with Gasteiger partial charge in [-0.05, 0) is 37.5 Å². The maximum absolute atomic E-state index is 12.6. The number of carbonyl (C=O) groups is 1. The zero-order chi connectivity index (χ0) is 18.6. The molecule has 2 aromatic heterocycles. The first-order chi connectivity index (χ1) is 13.2. The number of aryl methyl sites for hydroxylation is 1. The smallest absolute Gasteiger partial charge is 0.317 e. The highest BCUT2D eigenvalue weighted by molar-refractivity contribution is 5.74. The van der Waals surface area contributed by atoms with Crippen molar-refractivity contribution in [2.24, 2.45) is 0 Å². The van der Waals surface area contributed by atoms with Gasteiger partial charge in [-0.25, -0.2) is 9.48 Å². The van der Waals surface area contributed by atoms with Gasteiger partial charge < -0.3 is 10.2 Å². The first-order valence-corrected chi connectivity index (χ1v) is 9.32. The summed E-state index contributed by atoms with van der Waals surface area (Å²) in [6, 6.07) is 10.2. The van der Waals surface area contributed by atoms with Crippen LogP contribution in [0.4, 0.5) is 4.79 Å². The van der Waals surface area contributed by atoms with E-state index in [2.05, 4.69) is 28.5 Å². The van der Waals surface area contributed by atoms with Crippen LogP contribution in [0.1, 0.15) is 24.0 Å². The molecule has 0 radical (unpaired) electrons. The van der Waals surface area contributed by atoms with E-state index in [-0.39, 0.29) is 12.1 Å². The molecule has 0 spiro atoms. The number of rotatable bonds is 5. The highest BCUT2D eigenvalue weighted by atomic mass is 16.2. The molecule has 1 aromatic carbocycles. The molecule has 3 heterocycles. The largest absolute Gasteiger partial charge is 0.334 e. The molecule has 7 heteroatoms. The SMILES string of the molecule is Cc1ccccc1-n1cc(CNC(=O)N2CCC[C@H]2Cn2cccn2)cn1. The van der Waals surface area contributed by atoms with Gasteiger partial charge in [-0.1, -0.05) is 18.2 Å². The fraction of sp³-hybridized carbons (Fsp3) is 0.350. The van der Waals surface area contributed by atoms with Crippen molar-refractivity contribution in [3.8, 4) is 5.69 Å². The first kappa shape index (κ1) is 17.3. The van der Waals surface area contributed by atoms with E-state index in [9.17, 15) is 4.79 Å². The molecule has 0 unspecified atom stereocenters. The van der Waals surface area contributed by atoms with Crippen LogP contribution >= 0.6 is 0 Å². The summed E-state index contributed by atoms with van der Waals surface area (Å²) in [5, 5.41) is 11.7. The second-order valence-corrected chi connectivity index (χ2v) is 6.96. The van der Waals surface area contributed by atoms with E-state index < -0.39 is 0 Å². The second kappa shape index (κ2) is 7.65. The van der Waals surface area contributed by atoms with Crippen LogP contribution in [0.3, 0.4) is 0 Å². The molecule has 1 aliphatic heterocycles. The van der Waals surface area contributed by atoms with Gasteiger partial charge in [0.2, 0.25) is 0 Å².